The van der Waals surface area contributed by atoms with Gasteiger partial charge in [-0.05, 0) is 48.5 Å². The molecule has 2 heteroatoms. The van der Waals surface area contributed by atoms with Crippen molar-refractivity contribution in [2.45, 2.75) is 33.9 Å². The molecule has 1 N–H and O–H groups in total. The quantitative estimate of drug-likeness (QED) is 0.833. The molecule has 0 saturated carbocycles. The van der Waals surface area contributed by atoms with Crippen molar-refractivity contribution in [1.82, 2.24) is 9.88 Å². The van der Waals surface area contributed by atoms with Crippen LogP contribution in [-0.4, -0.2) is 11.1 Å². The first-order valence-corrected chi connectivity index (χ1v) is 6.49. The fraction of sp³-hybridized carbons (Fsp3) is 0.467. The van der Waals surface area contributed by atoms with Crippen LogP contribution < -0.4 is 5.32 Å². The number of aromatic nitrogens is 1. The number of hydrogen-bond donors (Lipinski definition) is 1. The van der Waals surface area contributed by atoms with E-state index in [1.54, 1.807) is 0 Å². The molecule has 0 amide bonds. The Bertz CT molecular complexity index is 483. The number of aryl methyl sites for hydroxylation is 1. The zero-order valence-electron chi connectivity index (χ0n) is 11.0. The van der Waals surface area contributed by atoms with E-state index in [-0.39, 0.29) is 0 Å². The zero-order chi connectivity index (χ0) is 12.3. The summed E-state index contributed by atoms with van der Waals surface area (Å²) < 4.78 is 2.28. The Morgan fingerprint density at radius 3 is 2.76 bits per heavy atom. The Balaban J connectivity index is 2.10. The van der Waals surface area contributed by atoms with E-state index in [2.05, 4.69) is 61.1 Å². The molecule has 0 aliphatic carbocycles. The van der Waals surface area contributed by atoms with Crippen LogP contribution in [0.15, 0.2) is 30.5 Å². The summed E-state index contributed by atoms with van der Waals surface area (Å²) in [5, 5.41) is 4.82. The Kier molecular flexibility index (Phi) is 3.85. The minimum Gasteiger partial charge on any atom is -0.348 e. The number of rotatable bonds is 5. The van der Waals surface area contributed by atoms with E-state index in [9.17, 15) is 0 Å². The summed E-state index contributed by atoms with van der Waals surface area (Å²) in [5.41, 5.74) is 2.70. The monoisotopic (exact) mass is 230 g/mol. The molecule has 0 unspecified atom stereocenters. The molecule has 0 fully saturated rings. The van der Waals surface area contributed by atoms with Crippen molar-refractivity contribution in [3.63, 3.8) is 0 Å². The van der Waals surface area contributed by atoms with E-state index in [1.165, 1.54) is 16.5 Å². The van der Waals surface area contributed by atoms with Crippen LogP contribution in [0.25, 0.3) is 10.9 Å². The Morgan fingerprint density at radius 2 is 2.06 bits per heavy atom. The predicted octanol–water partition coefficient (Wildman–Crippen LogP) is 3.41. The molecule has 0 spiro atoms. The smallest absolute Gasteiger partial charge is 0.0480 e. The van der Waals surface area contributed by atoms with E-state index < -0.39 is 0 Å². The van der Waals surface area contributed by atoms with Gasteiger partial charge in [-0.15, -0.1) is 0 Å². The summed E-state index contributed by atoms with van der Waals surface area (Å²) in [6, 6.07) is 8.94. The van der Waals surface area contributed by atoms with Crippen molar-refractivity contribution in [3.05, 3.63) is 36.0 Å². The van der Waals surface area contributed by atoms with Gasteiger partial charge in [0.25, 0.3) is 0 Å². The first-order chi connectivity index (χ1) is 8.20. The number of fused-ring (bicyclic) bond motifs is 1. The second kappa shape index (κ2) is 5.37. The fourth-order valence-corrected chi connectivity index (χ4v) is 2.14. The van der Waals surface area contributed by atoms with Gasteiger partial charge >= 0.3 is 0 Å². The lowest BCUT2D eigenvalue weighted by Gasteiger charge is -2.08. The topological polar surface area (TPSA) is 17.0 Å². The zero-order valence-corrected chi connectivity index (χ0v) is 11.0. The summed E-state index contributed by atoms with van der Waals surface area (Å²) >= 11 is 0. The number of nitrogens with zero attached hydrogens (tertiary/aromatic N) is 1. The Morgan fingerprint density at radius 1 is 1.24 bits per heavy atom. The van der Waals surface area contributed by atoms with Gasteiger partial charge < -0.3 is 9.88 Å². The molecule has 17 heavy (non-hydrogen) atoms. The highest BCUT2D eigenvalue weighted by molar-refractivity contribution is 5.80. The van der Waals surface area contributed by atoms with E-state index in [4.69, 9.17) is 0 Å². The fourth-order valence-electron chi connectivity index (χ4n) is 2.14. The summed E-state index contributed by atoms with van der Waals surface area (Å²) in [7, 11) is 0. The summed E-state index contributed by atoms with van der Waals surface area (Å²) in [6.45, 7) is 9.72. The Hall–Kier alpha value is -1.28. The van der Waals surface area contributed by atoms with Crippen molar-refractivity contribution >= 4 is 10.9 Å². The van der Waals surface area contributed by atoms with Crippen LogP contribution >= 0.6 is 0 Å². The third-order valence-corrected chi connectivity index (χ3v) is 3.06. The largest absolute Gasteiger partial charge is 0.348 e. The summed E-state index contributed by atoms with van der Waals surface area (Å²) in [6.07, 6.45) is 2.16. The summed E-state index contributed by atoms with van der Waals surface area (Å²) in [4.78, 5) is 0. The highest BCUT2D eigenvalue weighted by Crippen LogP contribution is 2.17. The number of nitrogens with one attached hydrogen (secondary N) is 1. The first kappa shape index (κ1) is 12.2. The molecule has 1 aromatic heterocycles. The molecule has 0 aliphatic heterocycles. The minimum absolute atomic E-state index is 0.708. The molecule has 0 radical (unpaired) electrons. The molecule has 2 nitrogen and oxygen atoms in total. The molecular formula is C15H22N2. The van der Waals surface area contributed by atoms with E-state index in [1.807, 2.05) is 0 Å². The van der Waals surface area contributed by atoms with Gasteiger partial charge in [0.1, 0.15) is 0 Å². The van der Waals surface area contributed by atoms with E-state index >= 15 is 0 Å². The van der Waals surface area contributed by atoms with Crippen LogP contribution in [0.1, 0.15) is 26.3 Å². The first-order valence-electron chi connectivity index (χ1n) is 6.49. The Labute approximate surface area is 104 Å². The third-order valence-electron chi connectivity index (χ3n) is 3.06. The third kappa shape index (κ3) is 2.89. The van der Waals surface area contributed by atoms with Crippen molar-refractivity contribution in [2.24, 2.45) is 5.92 Å². The van der Waals surface area contributed by atoms with E-state index in [0.29, 0.717) is 5.92 Å². The van der Waals surface area contributed by atoms with Gasteiger partial charge in [0.15, 0.2) is 0 Å². The van der Waals surface area contributed by atoms with Gasteiger partial charge in [0.2, 0.25) is 0 Å². The molecule has 1 heterocycles. The normalized spacial score (nSPS) is 11.5. The lowest BCUT2D eigenvalue weighted by atomic mass is 10.1. The molecule has 0 bridgehead atoms. The van der Waals surface area contributed by atoms with Crippen LogP contribution in [0.5, 0.6) is 0 Å². The van der Waals surface area contributed by atoms with Crippen molar-refractivity contribution < 1.29 is 0 Å². The van der Waals surface area contributed by atoms with Gasteiger partial charge in [0, 0.05) is 24.8 Å². The maximum Gasteiger partial charge on any atom is 0.0480 e. The average molecular weight is 230 g/mol. The lowest BCUT2D eigenvalue weighted by Crippen LogP contribution is -2.18. The van der Waals surface area contributed by atoms with Gasteiger partial charge in [-0.1, -0.05) is 19.9 Å². The maximum absolute atomic E-state index is 3.48. The maximum atomic E-state index is 3.48. The van der Waals surface area contributed by atoms with Gasteiger partial charge in [-0.2, -0.15) is 0 Å². The second-order valence-corrected chi connectivity index (χ2v) is 5.02. The lowest BCUT2D eigenvalue weighted by molar-refractivity contribution is 0.552. The second-order valence-electron chi connectivity index (χ2n) is 5.02. The number of hydrogen-bond acceptors (Lipinski definition) is 1. The van der Waals surface area contributed by atoms with Crippen molar-refractivity contribution in [1.29, 1.82) is 0 Å². The van der Waals surface area contributed by atoms with Crippen molar-refractivity contribution in [2.75, 3.05) is 6.54 Å². The highest BCUT2D eigenvalue weighted by atomic mass is 14.9. The van der Waals surface area contributed by atoms with Crippen LogP contribution in [0.2, 0.25) is 0 Å². The van der Waals surface area contributed by atoms with Crippen LogP contribution in [0, 0.1) is 5.92 Å². The van der Waals surface area contributed by atoms with Crippen molar-refractivity contribution in [3.8, 4) is 0 Å². The standard InChI is InChI=1S/C15H22N2/c1-4-17-8-7-14-9-13(5-6-15(14)17)11-16-10-12(2)3/h5-9,12,16H,4,10-11H2,1-3H3. The molecule has 0 saturated heterocycles. The minimum atomic E-state index is 0.708. The van der Waals surface area contributed by atoms with Crippen LogP contribution in [0.4, 0.5) is 0 Å². The molecule has 92 valence electrons. The highest BCUT2D eigenvalue weighted by Gasteiger charge is 2.01. The SMILES string of the molecule is CCn1ccc2cc(CNCC(C)C)ccc21. The molecule has 0 atom stereocenters. The number of benzene rings is 1. The van der Waals surface area contributed by atoms with Crippen LogP contribution in [0.3, 0.4) is 0 Å². The predicted molar refractivity (Wildman–Crippen MR) is 74.2 cm³/mol. The molecule has 2 rings (SSSR count). The van der Waals surface area contributed by atoms with E-state index in [0.717, 1.165) is 19.6 Å². The summed E-state index contributed by atoms with van der Waals surface area (Å²) in [5.74, 6) is 0.708. The molecule has 0 aliphatic rings. The molecule has 1 aromatic carbocycles. The van der Waals surface area contributed by atoms with Gasteiger partial charge in [-0.3, -0.25) is 0 Å². The molecule has 2 aromatic rings. The van der Waals surface area contributed by atoms with Gasteiger partial charge in [-0.25, -0.2) is 0 Å². The molecular weight excluding hydrogens is 208 g/mol. The average Bonchev–Trinajstić information content (AvgIpc) is 2.70. The van der Waals surface area contributed by atoms with Gasteiger partial charge in [0.05, 0.1) is 0 Å². The van der Waals surface area contributed by atoms with Crippen LogP contribution in [-0.2, 0) is 13.1 Å².